The Bertz CT molecular complexity index is 757. The second-order valence-electron chi connectivity index (χ2n) is 5.96. The number of hydrogen-bond donors (Lipinski definition) is 1. The number of methoxy groups -OCH3 is 1. The molecule has 1 fully saturated rings. The van der Waals surface area contributed by atoms with E-state index in [1.165, 1.54) is 19.2 Å². The summed E-state index contributed by atoms with van der Waals surface area (Å²) < 4.78 is 32.1. The summed E-state index contributed by atoms with van der Waals surface area (Å²) in [6.07, 6.45) is 0.933. The number of benzene rings is 1. The van der Waals surface area contributed by atoms with Crippen LogP contribution in [-0.2, 0) is 14.8 Å². The largest absolute Gasteiger partial charge is 0.453 e. The van der Waals surface area contributed by atoms with E-state index >= 15 is 0 Å². The number of nitrogens with one attached hydrogen (secondary N) is 1. The molecule has 0 bridgehead atoms. The SMILES string of the molecule is COC(=O)N1CCC(CNS(=O)(=O)c2cc([N+](=O)[O-])ccc2C)CC1. The number of non-ortho nitro benzene ring substituents is 1. The molecular formula is C15H21N3O6S. The fraction of sp³-hybridized carbons (Fsp3) is 0.533. The number of aryl methyl sites for hydroxylation is 1. The van der Waals surface area contributed by atoms with Crippen molar-refractivity contribution in [3.8, 4) is 0 Å². The zero-order chi connectivity index (χ0) is 18.6. The number of likely N-dealkylation sites (tertiary alicyclic amines) is 1. The Morgan fingerprint density at radius 2 is 2.04 bits per heavy atom. The maximum atomic E-state index is 12.5. The lowest BCUT2D eigenvalue weighted by molar-refractivity contribution is -0.385. The van der Waals surface area contributed by atoms with E-state index in [2.05, 4.69) is 9.46 Å². The molecule has 138 valence electrons. The predicted molar refractivity (Wildman–Crippen MR) is 89.7 cm³/mol. The van der Waals surface area contributed by atoms with Gasteiger partial charge < -0.3 is 9.64 Å². The van der Waals surface area contributed by atoms with Crippen molar-refractivity contribution < 1.29 is 22.9 Å². The molecule has 1 saturated heterocycles. The molecule has 1 aromatic rings. The van der Waals surface area contributed by atoms with Gasteiger partial charge in [0.15, 0.2) is 0 Å². The molecule has 0 radical (unpaired) electrons. The molecule has 0 aliphatic carbocycles. The van der Waals surface area contributed by atoms with E-state index in [1.54, 1.807) is 11.8 Å². The highest BCUT2D eigenvalue weighted by Gasteiger charge is 2.26. The van der Waals surface area contributed by atoms with Crippen molar-refractivity contribution in [3.05, 3.63) is 33.9 Å². The number of carbonyl (C=O) groups is 1. The van der Waals surface area contributed by atoms with Crippen molar-refractivity contribution in [2.75, 3.05) is 26.7 Å². The highest BCUT2D eigenvalue weighted by molar-refractivity contribution is 7.89. The zero-order valence-corrected chi connectivity index (χ0v) is 14.9. The topological polar surface area (TPSA) is 119 Å². The minimum absolute atomic E-state index is 0.0892. The smallest absolute Gasteiger partial charge is 0.409 e. The third-order valence-corrected chi connectivity index (χ3v) is 5.85. The van der Waals surface area contributed by atoms with Gasteiger partial charge in [0.1, 0.15) is 0 Å². The van der Waals surface area contributed by atoms with Crippen LogP contribution in [0.15, 0.2) is 23.1 Å². The molecule has 1 aliphatic rings. The first-order chi connectivity index (χ1) is 11.7. The Labute approximate surface area is 146 Å². The van der Waals surface area contributed by atoms with E-state index in [1.807, 2.05) is 0 Å². The fourth-order valence-corrected chi connectivity index (χ4v) is 4.12. The van der Waals surface area contributed by atoms with Crippen LogP contribution in [0.5, 0.6) is 0 Å². The highest BCUT2D eigenvalue weighted by atomic mass is 32.2. The van der Waals surface area contributed by atoms with Crippen molar-refractivity contribution >= 4 is 21.8 Å². The highest BCUT2D eigenvalue weighted by Crippen LogP contribution is 2.23. The third-order valence-electron chi connectivity index (χ3n) is 4.28. The van der Waals surface area contributed by atoms with Crippen LogP contribution in [-0.4, -0.2) is 51.1 Å². The normalized spacial score (nSPS) is 15.8. The lowest BCUT2D eigenvalue weighted by Gasteiger charge is -2.30. The van der Waals surface area contributed by atoms with Gasteiger partial charge in [-0.05, 0) is 31.2 Å². The van der Waals surface area contributed by atoms with Gasteiger partial charge in [-0.2, -0.15) is 0 Å². The van der Waals surface area contributed by atoms with E-state index in [4.69, 9.17) is 0 Å². The van der Waals surface area contributed by atoms with Crippen LogP contribution in [0.1, 0.15) is 18.4 Å². The molecule has 2 rings (SSSR count). The van der Waals surface area contributed by atoms with Gasteiger partial charge in [0.2, 0.25) is 10.0 Å². The van der Waals surface area contributed by atoms with E-state index in [0.717, 1.165) is 6.07 Å². The molecule has 0 saturated carbocycles. The molecule has 0 aromatic heterocycles. The van der Waals surface area contributed by atoms with Gasteiger partial charge in [0, 0.05) is 31.8 Å². The number of rotatable bonds is 5. The van der Waals surface area contributed by atoms with E-state index in [-0.39, 0.29) is 29.1 Å². The predicted octanol–water partition coefficient (Wildman–Crippen LogP) is 1.66. The molecule has 9 nitrogen and oxygen atoms in total. The summed E-state index contributed by atoms with van der Waals surface area (Å²) in [4.78, 5) is 23.2. The summed E-state index contributed by atoms with van der Waals surface area (Å²) in [5.41, 5.74) is 0.177. The zero-order valence-electron chi connectivity index (χ0n) is 14.1. The standard InChI is InChI=1S/C15H21N3O6S/c1-11-3-4-13(18(20)21)9-14(11)25(22,23)16-10-12-5-7-17(8-6-12)15(19)24-2/h3-4,9,12,16H,5-8,10H2,1-2H3. The number of ether oxygens (including phenoxy) is 1. The van der Waals surface area contributed by atoms with Crippen LogP contribution in [0.25, 0.3) is 0 Å². The quantitative estimate of drug-likeness (QED) is 0.621. The van der Waals surface area contributed by atoms with Crippen LogP contribution in [0.2, 0.25) is 0 Å². The third kappa shape index (κ3) is 4.67. The first-order valence-corrected chi connectivity index (χ1v) is 9.30. The number of amides is 1. The van der Waals surface area contributed by atoms with Crippen LogP contribution >= 0.6 is 0 Å². The number of nitro benzene ring substituents is 1. The first-order valence-electron chi connectivity index (χ1n) is 7.82. The van der Waals surface area contributed by atoms with Gasteiger partial charge in [-0.3, -0.25) is 10.1 Å². The molecular weight excluding hydrogens is 350 g/mol. The molecule has 1 N–H and O–H groups in total. The van der Waals surface area contributed by atoms with E-state index in [9.17, 15) is 23.3 Å². The molecule has 25 heavy (non-hydrogen) atoms. The monoisotopic (exact) mass is 371 g/mol. The molecule has 1 aliphatic heterocycles. The maximum Gasteiger partial charge on any atom is 0.409 e. The number of nitro groups is 1. The second kappa shape index (κ2) is 7.79. The molecule has 1 amide bonds. The maximum absolute atomic E-state index is 12.5. The molecule has 1 heterocycles. The van der Waals surface area contributed by atoms with Crippen LogP contribution < -0.4 is 4.72 Å². The van der Waals surface area contributed by atoms with Gasteiger partial charge in [0.05, 0.1) is 16.9 Å². The van der Waals surface area contributed by atoms with E-state index in [0.29, 0.717) is 31.5 Å². The molecule has 0 unspecified atom stereocenters. The Morgan fingerprint density at radius 1 is 1.40 bits per heavy atom. The van der Waals surface area contributed by atoms with Crippen molar-refractivity contribution in [3.63, 3.8) is 0 Å². The summed E-state index contributed by atoms with van der Waals surface area (Å²) in [5.74, 6) is 0.0923. The minimum atomic E-state index is -3.84. The lowest BCUT2D eigenvalue weighted by Crippen LogP contribution is -2.41. The number of hydrogen-bond acceptors (Lipinski definition) is 6. The number of carbonyl (C=O) groups excluding carboxylic acids is 1. The van der Waals surface area contributed by atoms with Gasteiger partial charge in [-0.1, -0.05) is 6.07 Å². The van der Waals surface area contributed by atoms with Crippen molar-refractivity contribution in [2.45, 2.75) is 24.7 Å². The number of piperidine rings is 1. The van der Waals surface area contributed by atoms with Gasteiger partial charge in [-0.25, -0.2) is 17.9 Å². The van der Waals surface area contributed by atoms with Crippen molar-refractivity contribution in [1.29, 1.82) is 0 Å². The number of nitrogens with zero attached hydrogens (tertiary/aromatic N) is 2. The Balaban J connectivity index is 2.00. The summed E-state index contributed by atoms with van der Waals surface area (Å²) in [5, 5.41) is 10.9. The van der Waals surface area contributed by atoms with Gasteiger partial charge in [-0.15, -0.1) is 0 Å². The lowest BCUT2D eigenvalue weighted by atomic mass is 9.97. The average molecular weight is 371 g/mol. The summed E-state index contributed by atoms with van der Waals surface area (Å²) in [6.45, 7) is 2.83. The van der Waals surface area contributed by atoms with E-state index < -0.39 is 14.9 Å². The fourth-order valence-electron chi connectivity index (χ4n) is 2.75. The first kappa shape index (κ1) is 19.1. The summed E-state index contributed by atoms with van der Waals surface area (Å²) in [7, 11) is -2.52. The van der Waals surface area contributed by atoms with Crippen LogP contribution in [0.4, 0.5) is 10.5 Å². The summed E-state index contributed by atoms with van der Waals surface area (Å²) >= 11 is 0. The Hall–Kier alpha value is -2.20. The van der Waals surface area contributed by atoms with Gasteiger partial charge >= 0.3 is 6.09 Å². The molecule has 1 aromatic carbocycles. The molecule has 0 atom stereocenters. The summed E-state index contributed by atoms with van der Waals surface area (Å²) in [6, 6.07) is 3.76. The van der Waals surface area contributed by atoms with Crippen LogP contribution in [0, 0.1) is 23.0 Å². The minimum Gasteiger partial charge on any atom is -0.453 e. The average Bonchev–Trinajstić information content (AvgIpc) is 2.59. The number of sulfonamides is 1. The Kier molecular flexibility index (Phi) is 5.96. The second-order valence-corrected chi connectivity index (χ2v) is 7.69. The Morgan fingerprint density at radius 3 is 2.60 bits per heavy atom. The van der Waals surface area contributed by atoms with Crippen molar-refractivity contribution in [2.24, 2.45) is 5.92 Å². The molecule has 0 spiro atoms. The van der Waals surface area contributed by atoms with Crippen LogP contribution in [0.3, 0.4) is 0 Å². The van der Waals surface area contributed by atoms with Crippen molar-refractivity contribution in [1.82, 2.24) is 9.62 Å². The van der Waals surface area contributed by atoms with Gasteiger partial charge in [0.25, 0.3) is 5.69 Å². The molecule has 10 heteroatoms.